The van der Waals surface area contributed by atoms with E-state index < -0.39 is 29.0 Å². The lowest BCUT2D eigenvalue weighted by atomic mass is 9.94. The van der Waals surface area contributed by atoms with Gasteiger partial charge in [0.1, 0.15) is 6.07 Å². The van der Waals surface area contributed by atoms with Gasteiger partial charge in [0.05, 0.1) is 16.7 Å². The quantitative estimate of drug-likeness (QED) is 0.658. The minimum Gasteiger partial charge on any atom is -0.192 e. The van der Waals surface area contributed by atoms with Crippen LogP contribution in [-0.2, 0) is 12.4 Å². The molecule has 114 valence electrons. The van der Waals surface area contributed by atoms with Gasteiger partial charge >= 0.3 is 12.4 Å². The van der Waals surface area contributed by atoms with Crippen molar-refractivity contribution in [2.45, 2.75) is 12.4 Å². The van der Waals surface area contributed by atoms with Gasteiger partial charge in [0.15, 0.2) is 0 Å². The molecule has 2 aromatic rings. The Kier molecular flexibility index (Phi) is 3.88. The summed E-state index contributed by atoms with van der Waals surface area (Å²) in [6.07, 6.45) is -10.1. The predicted octanol–water partition coefficient (Wildman–Crippen LogP) is 5.26. The lowest BCUT2D eigenvalue weighted by Gasteiger charge is -2.17. The second-order valence-corrected chi connectivity index (χ2v) is 4.42. The third kappa shape index (κ3) is 3.06. The van der Waals surface area contributed by atoms with E-state index in [1.54, 1.807) is 6.07 Å². The Morgan fingerprint density at radius 2 is 1.18 bits per heavy atom. The Morgan fingerprint density at radius 1 is 0.727 bits per heavy atom. The number of rotatable bonds is 1. The molecular weight excluding hydrogens is 308 g/mol. The molecule has 2 aromatic carbocycles. The van der Waals surface area contributed by atoms with Gasteiger partial charge in [-0.05, 0) is 23.3 Å². The fourth-order valence-corrected chi connectivity index (χ4v) is 2.01. The second-order valence-electron chi connectivity index (χ2n) is 4.42. The number of nitriles is 1. The van der Waals surface area contributed by atoms with E-state index in [-0.39, 0.29) is 11.1 Å². The molecule has 0 N–H and O–H groups in total. The van der Waals surface area contributed by atoms with Crippen LogP contribution in [-0.4, -0.2) is 0 Å². The van der Waals surface area contributed by atoms with Crippen LogP contribution in [0, 0.1) is 11.3 Å². The number of alkyl halides is 6. The molecule has 7 heteroatoms. The van der Waals surface area contributed by atoms with Crippen LogP contribution in [0.25, 0.3) is 11.1 Å². The molecule has 0 spiro atoms. The van der Waals surface area contributed by atoms with Crippen LogP contribution in [0.4, 0.5) is 26.3 Å². The van der Waals surface area contributed by atoms with Crippen LogP contribution in [0.1, 0.15) is 16.7 Å². The molecule has 2 rings (SSSR count). The first-order chi connectivity index (χ1) is 10.1. The van der Waals surface area contributed by atoms with Crippen LogP contribution >= 0.6 is 0 Å². The largest absolute Gasteiger partial charge is 0.417 e. The van der Waals surface area contributed by atoms with E-state index in [0.29, 0.717) is 12.1 Å². The van der Waals surface area contributed by atoms with Gasteiger partial charge < -0.3 is 0 Å². The highest BCUT2D eigenvalue weighted by Crippen LogP contribution is 2.41. The van der Waals surface area contributed by atoms with Gasteiger partial charge in [-0.2, -0.15) is 31.6 Å². The topological polar surface area (TPSA) is 23.8 Å². The van der Waals surface area contributed by atoms with E-state index in [9.17, 15) is 26.3 Å². The summed E-state index contributed by atoms with van der Waals surface area (Å²) in [7, 11) is 0. The minimum atomic E-state index is -5.06. The highest BCUT2D eigenvalue weighted by atomic mass is 19.4. The van der Waals surface area contributed by atoms with E-state index in [1.165, 1.54) is 24.3 Å². The molecule has 0 radical (unpaired) electrons. The van der Waals surface area contributed by atoms with Crippen LogP contribution in [0.5, 0.6) is 0 Å². The summed E-state index contributed by atoms with van der Waals surface area (Å²) < 4.78 is 77.9. The third-order valence-electron chi connectivity index (χ3n) is 2.97. The maximum absolute atomic E-state index is 13.0. The summed E-state index contributed by atoms with van der Waals surface area (Å²) in [5, 5.41) is 8.74. The molecule has 0 bridgehead atoms. The maximum Gasteiger partial charge on any atom is 0.417 e. The Balaban J connectivity index is 2.83. The van der Waals surface area contributed by atoms with E-state index >= 15 is 0 Å². The molecule has 0 saturated carbocycles. The summed E-state index contributed by atoms with van der Waals surface area (Å²) in [6.45, 7) is 0. The average molecular weight is 315 g/mol. The van der Waals surface area contributed by atoms with E-state index in [4.69, 9.17) is 5.26 Å². The molecule has 0 aliphatic carbocycles. The Morgan fingerprint density at radius 3 is 1.55 bits per heavy atom. The molecular formula is C15H7F6N. The van der Waals surface area contributed by atoms with Crippen molar-refractivity contribution in [3.05, 3.63) is 59.2 Å². The van der Waals surface area contributed by atoms with Gasteiger partial charge in [-0.1, -0.05) is 30.3 Å². The van der Waals surface area contributed by atoms with Gasteiger partial charge in [0.2, 0.25) is 0 Å². The van der Waals surface area contributed by atoms with Crippen molar-refractivity contribution in [2.75, 3.05) is 0 Å². The van der Waals surface area contributed by atoms with Gasteiger partial charge in [-0.3, -0.25) is 0 Å². The zero-order valence-corrected chi connectivity index (χ0v) is 10.8. The Labute approximate surface area is 121 Å². The van der Waals surface area contributed by atoms with Crippen molar-refractivity contribution in [3.63, 3.8) is 0 Å². The second kappa shape index (κ2) is 5.37. The van der Waals surface area contributed by atoms with E-state index in [0.717, 1.165) is 6.07 Å². The predicted molar refractivity (Wildman–Crippen MR) is 66.6 cm³/mol. The first-order valence-electron chi connectivity index (χ1n) is 5.92. The Bertz CT molecular complexity index is 687. The zero-order valence-electron chi connectivity index (χ0n) is 10.8. The van der Waals surface area contributed by atoms with Crippen LogP contribution in [0.3, 0.4) is 0 Å². The number of nitrogens with zero attached hydrogens (tertiary/aromatic N) is 1. The summed E-state index contributed by atoms with van der Waals surface area (Å²) in [5.41, 5.74) is -4.66. The van der Waals surface area contributed by atoms with Crippen molar-refractivity contribution in [1.29, 1.82) is 5.26 Å². The molecule has 0 unspecified atom stereocenters. The van der Waals surface area contributed by atoms with Gasteiger partial charge in [0.25, 0.3) is 0 Å². The lowest BCUT2D eigenvalue weighted by molar-refractivity contribution is -0.143. The SMILES string of the molecule is N#Cc1c(C(F)(F)F)cc(-c2ccccc2)cc1C(F)(F)F. The van der Waals surface area contributed by atoms with Crippen LogP contribution in [0.2, 0.25) is 0 Å². The molecule has 0 fully saturated rings. The molecule has 0 aromatic heterocycles. The lowest BCUT2D eigenvalue weighted by Crippen LogP contribution is -2.15. The summed E-state index contributed by atoms with van der Waals surface area (Å²) in [4.78, 5) is 0. The van der Waals surface area contributed by atoms with E-state index in [1.807, 2.05) is 0 Å². The molecule has 0 saturated heterocycles. The summed E-state index contributed by atoms with van der Waals surface area (Å²) in [5.74, 6) is 0. The van der Waals surface area contributed by atoms with Crippen LogP contribution < -0.4 is 0 Å². The van der Waals surface area contributed by atoms with Crippen molar-refractivity contribution in [2.24, 2.45) is 0 Å². The monoisotopic (exact) mass is 315 g/mol. The molecule has 0 aliphatic rings. The van der Waals surface area contributed by atoms with Crippen molar-refractivity contribution < 1.29 is 26.3 Å². The Hall–Kier alpha value is -2.49. The smallest absolute Gasteiger partial charge is 0.192 e. The third-order valence-corrected chi connectivity index (χ3v) is 2.97. The number of hydrogen-bond acceptors (Lipinski definition) is 1. The molecule has 0 heterocycles. The van der Waals surface area contributed by atoms with Crippen molar-refractivity contribution in [3.8, 4) is 17.2 Å². The maximum atomic E-state index is 13.0. The minimum absolute atomic E-state index is 0.197. The summed E-state index contributed by atoms with van der Waals surface area (Å²) >= 11 is 0. The summed E-state index contributed by atoms with van der Waals surface area (Å²) in [6, 6.07) is 9.49. The highest BCUT2D eigenvalue weighted by Gasteiger charge is 2.41. The molecule has 0 amide bonds. The van der Waals surface area contributed by atoms with Gasteiger partial charge in [-0.25, -0.2) is 0 Å². The number of hydrogen-bond donors (Lipinski definition) is 0. The number of halogens is 6. The molecule has 0 atom stereocenters. The molecule has 22 heavy (non-hydrogen) atoms. The number of benzene rings is 2. The first kappa shape index (κ1) is 15.9. The fourth-order valence-electron chi connectivity index (χ4n) is 2.01. The van der Waals surface area contributed by atoms with Gasteiger partial charge in [0, 0.05) is 0 Å². The van der Waals surface area contributed by atoms with Crippen LogP contribution in [0.15, 0.2) is 42.5 Å². The molecule has 0 aliphatic heterocycles. The van der Waals surface area contributed by atoms with Crippen molar-refractivity contribution in [1.82, 2.24) is 0 Å². The first-order valence-corrected chi connectivity index (χ1v) is 5.92. The zero-order chi connectivity index (χ0) is 16.5. The average Bonchev–Trinajstić information content (AvgIpc) is 2.45. The molecule has 1 nitrogen and oxygen atoms in total. The van der Waals surface area contributed by atoms with E-state index in [2.05, 4.69) is 0 Å². The standard InChI is InChI=1S/C15H7F6N/c16-14(17,18)12-6-10(9-4-2-1-3-5-9)7-13(11(12)8-22)15(19,20)21/h1-7H. The highest BCUT2D eigenvalue weighted by molar-refractivity contribution is 5.68. The van der Waals surface area contributed by atoms with Crippen molar-refractivity contribution >= 4 is 0 Å². The normalized spacial score (nSPS) is 12.0. The van der Waals surface area contributed by atoms with Gasteiger partial charge in [-0.15, -0.1) is 0 Å². The fraction of sp³-hybridized carbons (Fsp3) is 0.133.